The lowest BCUT2D eigenvalue weighted by Gasteiger charge is -2.12. The molecule has 1 heterocycles. The maximum atomic E-state index is 5.41. The van der Waals surface area contributed by atoms with Crippen LogP contribution in [0, 0.1) is 6.92 Å². The predicted molar refractivity (Wildman–Crippen MR) is 96.3 cm³/mol. The van der Waals surface area contributed by atoms with Crippen LogP contribution in [-0.2, 0) is 7.05 Å². The number of hydrogen-bond donors (Lipinski definition) is 0. The van der Waals surface area contributed by atoms with Gasteiger partial charge in [-0.2, -0.15) is 5.10 Å². The fourth-order valence-corrected chi connectivity index (χ4v) is 2.78. The van der Waals surface area contributed by atoms with Crippen LogP contribution in [0.3, 0.4) is 0 Å². The van der Waals surface area contributed by atoms with Gasteiger partial charge in [-0.05, 0) is 24.6 Å². The van der Waals surface area contributed by atoms with Gasteiger partial charge < -0.3 is 14.2 Å². The van der Waals surface area contributed by atoms with Gasteiger partial charge in [-0.25, -0.2) is 9.67 Å². The highest BCUT2D eigenvalue weighted by Gasteiger charge is 2.18. The Morgan fingerprint density at radius 2 is 1.56 bits per heavy atom. The maximum absolute atomic E-state index is 5.41. The van der Waals surface area contributed by atoms with Gasteiger partial charge in [0.25, 0.3) is 0 Å². The van der Waals surface area contributed by atoms with E-state index in [1.54, 1.807) is 26.0 Å². The Balaban J connectivity index is 2.12. The first-order chi connectivity index (χ1) is 12.1. The second-order valence-electron chi connectivity index (χ2n) is 5.61. The molecule has 25 heavy (non-hydrogen) atoms. The van der Waals surface area contributed by atoms with E-state index in [2.05, 4.69) is 18.1 Å². The van der Waals surface area contributed by atoms with Crippen molar-refractivity contribution in [3.8, 4) is 40.0 Å². The van der Waals surface area contributed by atoms with Crippen LogP contribution >= 0.6 is 0 Å². The van der Waals surface area contributed by atoms with Crippen molar-refractivity contribution in [2.45, 2.75) is 6.92 Å². The molecule has 0 radical (unpaired) electrons. The Labute approximate surface area is 147 Å². The van der Waals surface area contributed by atoms with Crippen LogP contribution in [0.2, 0.25) is 0 Å². The van der Waals surface area contributed by atoms with E-state index in [1.165, 1.54) is 0 Å². The highest BCUT2D eigenvalue weighted by molar-refractivity contribution is 5.69. The Morgan fingerprint density at radius 3 is 2.12 bits per heavy atom. The van der Waals surface area contributed by atoms with Gasteiger partial charge in [0.15, 0.2) is 23.1 Å². The number of rotatable bonds is 5. The highest BCUT2D eigenvalue weighted by atomic mass is 16.5. The normalized spacial score (nSPS) is 10.6. The molecular formula is C19H21N3O3. The van der Waals surface area contributed by atoms with Crippen LogP contribution in [0.15, 0.2) is 36.4 Å². The van der Waals surface area contributed by atoms with Gasteiger partial charge in [0.05, 0.1) is 21.3 Å². The molecule has 3 rings (SSSR count). The van der Waals surface area contributed by atoms with Gasteiger partial charge in [-0.1, -0.05) is 24.3 Å². The second-order valence-corrected chi connectivity index (χ2v) is 5.61. The Bertz CT molecular complexity index is 878. The van der Waals surface area contributed by atoms with Crippen molar-refractivity contribution in [3.05, 3.63) is 42.0 Å². The maximum Gasteiger partial charge on any atom is 0.203 e. The summed E-state index contributed by atoms with van der Waals surface area (Å²) >= 11 is 0. The lowest BCUT2D eigenvalue weighted by Crippen LogP contribution is -1.96. The Morgan fingerprint density at radius 1 is 0.920 bits per heavy atom. The van der Waals surface area contributed by atoms with Gasteiger partial charge in [0.2, 0.25) is 5.75 Å². The van der Waals surface area contributed by atoms with Crippen LogP contribution in [0.4, 0.5) is 0 Å². The van der Waals surface area contributed by atoms with E-state index in [1.807, 2.05) is 37.4 Å². The van der Waals surface area contributed by atoms with Crippen LogP contribution < -0.4 is 14.2 Å². The summed E-state index contributed by atoms with van der Waals surface area (Å²) < 4.78 is 18.0. The van der Waals surface area contributed by atoms with Crippen LogP contribution in [0.1, 0.15) is 5.56 Å². The number of methoxy groups -OCH3 is 3. The third-order valence-corrected chi connectivity index (χ3v) is 4.07. The van der Waals surface area contributed by atoms with E-state index in [-0.39, 0.29) is 0 Å². The van der Waals surface area contributed by atoms with Crippen molar-refractivity contribution < 1.29 is 14.2 Å². The topological polar surface area (TPSA) is 58.4 Å². The van der Waals surface area contributed by atoms with Gasteiger partial charge in [-0.3, -0.25) is 0 Å². The molecule has 0 aliphatic heterocycles. The third kappa shape index (κ3) is 3.03. The zero-order valence-corrected chi connectivity index (χ0v) is 15.0. The number of aryl methyl sites for hydroxylation is 2. The molecule has 130 valence electrons. The zero-order chi connectivity index (χ0) is 18.0. The third-order valence-electron chi connectivity index (χ3n) is 4.07. The van der Waals surface area contributed by atoms with Gasteiger partial charge in [-0.15, -0.1) is 0 Å². The van der Waals surface area contributed by atoms with E-state index in [9.17, 15) is 0 Å². The largest absolute Gasteiger partial charge is 0.493 e. The Hall–Kier alpha value is -3.02. The average Bonchev–Trinajstić information content (AvgIpc) is 3.02. The average molecular weight is 339 g/mol. The first-order valence-corrected chi connectivity index (χ1v) is 7.86. The minimum absolute atomic E-state index is 0.545. The summed E-state index contributed by atoms with van der Waals surface area (Å²) in [6.45, 7) is 2.06. The summed E-state index contributed by atoms with van der Waals surface area (Å²) in [6, 6.07) is 11.8. The fraction of sp³-hybridized carbons (Fsp3) is 0.263. The van der Waals surface area contributed by atoms with Gasteiger partial charge in [0, 0.05) is 18.2 Å². The summed E-state index contributed by atoms with van der Waals surface area (Å²) in [5, 5.41) is 4.56. The molecule has 0 aliphatic carbocycles. The predicted octanol–water partition coefficient (Wildman–Crippen LogP) is 3.48. The molecule has 0 spiro atoms. The number of aromatic nitrogens is 3. The highest BCUT2D eigenvalue weighted by Crippen LogP contribution is 2.40. The molecule has 0 saturated heterocycles. The van der Waals surface area contributed by atoms with Crippen molar-refractivity contribution in [2.24, 2.45) is 7.05 Å². The van der Waals surface area contributed by atoms with E-state index >= 15 is 0 Å². The summed E-state index contributed by atoms with van der Waals surface area (Å²) in [4.78, 5) is 4.72. The lowest BCUT2D eigenvalue weighted by molar-refractivity contribution is 0.324. The quantitative estimate of drug-likeness (QED) is 0.712. The van der Waals surface area contributed by atoms with Crippen LogP contribution in [0.25, 0.3) is 22.8 Å². The summed E-state index contributed by atoms with van der Waals surface area (Å²) in [5.41, 5.74) is 3.00. The molecule has 6 nitrogen and oxygen atoms in total. The van der Waals surface area contributed by atoms with Crippen molar-refractivity contribution in [3.63, 3.8) is 0 Å². The minimum Gasteiger partial charge on any atom is -0.493 e. The summed E-state index contributed by atoms with van der Waals surface area (Å²) in [7, 11) is 6.64. The van der Waals surface area contributed by atoms with E-state index in [4.69, 9.17) is 19.2 Å². The van der Waals surface area contributed by atoms with Gasteiger partial charge in [0.1, 0.15) is 0 Å². The molecule has 0 fully saturated rings. The Kier molecular flexibility index (Phi) is 4.61. The molecular weight excluding hydrogens is 318 g/mol. The van der Waals surface area contributed by atoms with Crippen LogP contribution in [0.5, 0.6) is 17.2 Å². The van der Waals surface area contributed by atoms with E-state index in [0.717, 1.165) is 22.5 Å². The standard InChI is InChI=1S/C19H21N3O3/c1-12-8-6-7-9-14(12)19-20-18(21-22(19)2)13-10-15(23-3)17(25-5)16(11-13)24-4/h6-11H,1-5H3. The van der Waals surface area contributed by atoms with Crippen molar-refractivity contribution in [1.29, 1.82) is 0 Å². The van der Waals surface area contributed by atoms with Crippen molar-refractivity contribution >= 4 is 0 Å². The van der Waals surface area contributed by atoms with Crippen LogP contribution in [-0.4, -0.2) is 36.1 Å². The molecule has 0 bridgehead atoms. The molecule has 6 heteroatoms. The second kappa shape index (κ2) is 6.84. The molecule has 0 atom stereocenters. The van der Waals surface area contributed by atoms with E-state index in [0.29, 0.717) is 23.1 Å². The lowest BCUT2D eigenvalue weighted by atomic mass is 10.1. The SMILES string of the molecule is COc1cc(-c2nc(-c3ccccc3C)n(C)n2)cc(OC)c1OC. The number of ether oxygens (including phenoxy) is 3. The fourth-order valence-electron chi connectivity index (χ4n) is 2.78. The molecule has 0 saturated carbocycles. The molecule has 2 aromatic carbocycles. The number of nitrogens with zero attached hydrogens (tertiary/aromatic N) is 3. The number of benzene rings is 2. The first kappa shape index (κ1) is 16.8. The summed E-state index contributed by atoms with van der Waals surface area (Å²) in [5.74, 6) is 3.09. The molecule has 0 aliphatic rings. The van der Waals surface area contributed by atoms with Crippen molar-refractivity contribution in [2.75, 3.05) is 21.3 Å². The zero-order valence-electron chi connectivity index (χ0n) is 15.0. The van der Waals surface area contributed by atoms with Gasteiger partial charge >= 0.3 is 0 Å². The molecule has 1 aromatic heterocycles. The summed E-state index contributed by atoms with van der Waals surface area (Å²) in [6.07, 6.45) is 0. The smallest absolute Gasteiger partial charge is 0.203 e. The number of hydrogen-bond acceptors (Lipinski definition) is 5. The molecule has 0 N–H and O–H groups in total. The first-order valence-electron chi connectivity index (χ1n) is 7.86. The molecule has 0 unspecified atom stereocenters. The minimum atomic E-state index is 0.545. The van der Waals surface area contributed by atoms with Crippen molar-refractivity contribution in [1.82, 2.24) is 14.8 Å². The molecule has 0 amide bonds. The molecule has 3 aromatic rings. The van der Waals surface area contributed by atoms with E-state index < -0.39 is 0 Å². The monoisotopic (exact) mass is 339 g/mol.